The summed E-state index contributed by atoms with van der Waals surface area (Å²) in [6.45, 7) is 46.9. The van der Waals surface area contributed by atoms with Crippen molar-refractivity contribution >= 4 is 5.57 Å². The van der Waals surface area contributed by atoms with Crippen LogP contribution in [0.5, 0.6) is 0 Å². The summed E-state index contributed by atoms with van der Waals surface area (Å²) in [5, 5.41) is 0. The predicted octanol–water partition coefficient (Wildman–Crippen LogP) is 10.8. The van der Waals surface area contributed by atoms with Crippen molar-refractivity contribution in [2.24, 2.45) is 49.2 Å². The van der Waals surface area contributed by atoms with Crippen molar-refractivity contribution in [1.82, 2.24) is 0 Å². The third-order valence-corrected chi connectivity index (χ3v) is 19.2. The Morgan fingerprint density at radius 3 is 1.38 bits per heavy atom. The van der Waals surface area contributed by atoms with Gasteiger partial charge in [0.2, 0.25) is 0 Å². The summed E-state index contributed by atoms with van der Waals surface area (Å²) < 4.78 is 0. The SMILES string of the molecule is CC1=C(C2=C(C)C3(C)C(=CC2=C(c2ccc(C(C)(C)C)cc2)c2ccc(C(C)(C)C)cc2)[CH-]C2(C)C4(C)C=CC=CC4(C)C4(C)C=CC=CC4(C)C32C)C(C)C=C1C(C)(C)C.[Cl-].[Cl-].[Zr+3]. The van der Waals surface area contributed by atoms with E-state index in [-0.39, 0.29) is 111 Å². The topological polar surface area (TPSA) is 0 Å². The number of hydrogen-bond donors (Lipinski definition) is 0. The van der Waals surface area contributed by atoms with E-state index in [0.29, 0.717) is 0 Å². The first-order valence-electron chi connectivity index (χ1n) is 23.4. The number of benzene rings is 2. The minimum absolute atomic E-state index is 0. The van der Waals surface area contributed by atoms with E-state index in [0.717, 1.165) is 0 Å². The number of allylic oxidation sites excluding steroid dienone is 17. The summed E-state index contributed by atoms with van der Waals surface area (Å²) in [4.78, 5) is 0. The fourth-order valence-electron chi connectivity index (χ4n) is 14.6. The Morgan fingerprint density at radius 2 is 0.969 bits per heavy atom. The van der Waals surface area contributed by atoms with Crippen molar-refractivity contribution in [2.45, 2.75) is 142 Å². The van der Waals surface area contributed by atoms with Crippen LogP contribution in [0, 0.1) is 55.7 Å². The Bertz CT molecular complexity index is 2450. The summed E-state index contributed by atoms with van der Waals surface area (Å²) in [6.07, 6.45) is 27.9. The molecule has 8 rings (SSSR count). The first-order chi connectivity index (χ1) is 28.0. The molecule has 6 aliphatic rings. The molecule has 0 aliphatic heterocycles. The van der Waals surface area contributed by atoms with Crippen LogP contribution in [0.4, 0.5) is 0 Å². The Labute approximate surface area is 422 Å². The molecule has 64 heavy (non-hydrogen) atoms. The summed E-state index contributed by atoms with van der Waals surface area (Å²) in [5.41, 5.74) is 15.6. The van der Waals surface area contributed by atoms with Crippen molar-refractivity contribution in [3.63, 3.8) is 0 Å². The average Bonchev–Trinajstić information content (AvgIpc) is 3.58. The maximum absolute atomic E-state index is 2.80. The van der Waals surface area contributed by atoms with Gasteiger partial charge in [0.15, 0.2) is 0 Å². The molecule has 0 aromatic heterocycles. The number of rotatable bonds is 3. The fourth-order valence-corrected chi connectivity index (χ4v) is 14.6. The summed E-state index contributed by atoms with van der Waals surface area (Å²) in [7, 11) is 0. The Hall–Kier alpha value is -2.57. The first kappa shape index (κ1) is 52.4. The quantitative estimate of drug-likeness (QED) is 0.269. The molecule has 0 bridgehead atoms. The van der Waals surface area contributed by atoms with Crippen molar-refractivity contribution < 1.29 is 51.0 Å². The van der Waals surface area contributed by atoms with Crippen LogP contribution in [0.25, 0.3) is 5.57 Å². The first-order valence-corrected chi connectivity index (χ1v) is 23.4. The molecule has 2 aromatic carbocycles. The average molecular weight is 972 g/mol. The Kier molecular flexibility index (Phi) is 13.1. The van der Waals surface area contributed by atoms with Crippen molar-refractivity contribution in [2.75, 3.05) is 0 Å². The number of hydrogen-bond acceptors (Lipinski definition) is 0. The summed E-state index contributed by atoms with van der Waals surface area (Å²) >= 11 is 0. The zero-order valence-corrected chi connectivity index (χ0v) is 46.8. The van der Waals surface area contributed by atoms with Crippen LogP contribution in [0.1, 0.15) is 154 Å². The standard InChI is InChI=1S/C61H77.2ClH.Zr/c1-39-36-48(54(10,11)12)40(2)49(39)50-41(3)60(18)46(38-59(17)57(15)34-21-20-32-55(57,13)56(14)33-22-23-35-58(56,16)61(59,60)19)37-47(50)51(42-24-28-44(29-25-42)52(4,5)6)43-26-30-45(31-27-43)53(7,8)9;;;/h20-39H,1-19H3;2*1H;/q-1;;;+3/p-2. The molecule has 8 unspecified atom stereocenters. The second-order valence-electron chi connectivity index (χ2n) is 24.5. The molecule has 0 saturated heterocycles. The maximum atomic E-state index is 2.80. The van der Waals surface area contributed by atoms with Crippen LogP contribution < -0.4 is 24.8 Å². The van der Waals surface area contributed by atoms with Crippen LogP contribution in [-0.2, 0) is 37.0 Å². The molecule has 1 radical (unpaired) electrons. The van der Waals surface area contributed by atoms with Gasteiger partial charge in [-0.15, -0.1) is 0 Å². The van der Waals surface area contributed by atoms with E-state index < -0.39 is 0 Å². The van der Waals surface area contributed by atoms with Gasteiger partial charge in [0.25, 0.3) is 0 Å². The molecular formula is C61H77Cl2Zr. The van der Waals surface area contributed by atoms with Crippen LogP contribution >= 0.6 is 0 Å². The molecule has 0 spiro atoms. The smallest absolute Gasteiger partial charge is 1.00 e. The second kappa shape index (κ2) is 16.0. The van der Waals surface area contributed by atoms with Gasteiger partial charge in [-0.2, -0.15) is 6.08 Å². The predicted molar refractivity (Wildman–Crippen MR) is 264 cm³/mol. The van der Waals surface area contributed by atoms with Gasteiger partial charge in [-0.3, -0.25) is 0 Å². The number of halogens is 2. The van der Waals surface area contributed by atoms with Gasteiger partial charge in [-0.25, -0.2) is 12.0 Å². The molecule has 2 aromatic rings. The molecule has 0 amide bonds. The third kappa shape index (κ3) is 6.45. The molecule has 2 fully saturated rings. The van der Waals surface area contributed by atoms with Crippen molar-refractivity contribution in [1.29, 1.82) is 0 Å². The van der Waals surface area contributed by atoms with E-state index in [1.54, 1.807) is 0 Å². The van der Waals surface area contributed by atoms with Crippen LogP contribution in [0.15, 0.2) is 148 Å². The molecule has 2 saturated carbocycles. The Morgan fingerprint density at radius 1 is 0.562 bits per heavy atom. The Balaban J connectivity index is 0.00000257. The van der Waals surface area contributed by atoms with Gasteiger partial charge in [0.1, 0.15) is 0 Å². The molecule has 0 N–H and O–H groups in total. The van der Waals surface area contributed by atoms with Crippen LogP contribution in [0.3, 0.4) is 0 Å². The van der Waals surface area contributed by atoms with Gasteiger partial charge < -0.3 is 24.8 Å². The van der Waals surface area contributed by atoms with E-state index >= 15 is 0 Å². The van der Waals surface area contributed by atoms with E-state index in [1.165, 1.54) is 66.8 Å². The van der Waals surface area contributed by atoms with Crippen molar-refractivity contribution in [3.05, 3.63) is 177 Å². The monoisotopic (exact) mass is 969 g/mol. The van der Waals surface area contributed by atoms with E-state index in [4.69, 9.17) is 0 Å². The van der Waals surface area contributed by atoms with Gasteiger partial charge in [-0.05, 0) is 96.5 Å². The van der Waals surface area contributed by atoms with Crippen LogP contribution in [0.2, 0.25) is 0 Å². The second-order valence-corrected chi connectivity index (χ2v) is 24.5. The number of fused-ring (bicyclic) bond motifs is 8. The van der Waals surface area contributed by atoms with Gasteiger partial charge >= 0.3 is 26.2 Å². The normalized spacial score (nSPS) is 34.9. The third-order valence-electron chi connectivity index (χ3n) is 19.2. The molecule has 0 heterocycles. The summed E-state index contributed by atoms with van der Waals surface area (Å²) in [5.74, 6) is 0.280. The largest absolute Gasteiger partial charge is 3.00 e. The van der Waals surface area contributed by atoms with Gasteiger partial charge in [0.05, 0.1) is 0 Å². The molecule has 3 heteroatoms. The maximum Gasteiger partial charge on any atom is 3.00 e. The molecule has 6 aliphatic carbocycles. The van der Waals surface area contributed by atoms with E-state index in [2.05, 4.69) is 247 Å². The van der Waals surface area contributed by atoms with E-state index in [1.807, 2.05) is 0 Å². The van der Waals surface area contributed by atoms with Crippen LogP contribution in [-0.4, -0.2) is 0 Å². The zero-order chi connectivity index (χ0) is 44.9. The minimum atomic E-state index is -0.291. The fraction of sp³-hybridized carbons (Fsp3) is 0.492. The molecule has 339 valence electrons. The molecule has 0 nitrogen and oxygen atoms in total. The zero-order valence-electron chi connectivity index (χ0n) is 42.8. The molecular weight excluding hydrogens is 895 g/mol. The minimum Gasteiger partial charge on any atom is -1.00 e. The van der Waals surface area contributed by atoms with Gasteiger partial charge in [-0.1, -0.05) is 237 Å². The van der Waals surface area contributed by atoms with E-state index in [9.17, 15) is 0 Å². The van der Waals surface area contributed by atoms with Gasteiger partial charge in [0, 0.05) is 22.2 Å². The molecule has 8 atom stereocenters. The van der Waals surface area contributed by atoms with Crippen molar-refractivity contribution in [3.8, 4) is 0 Å². The summed E-state index contributed by atoms with van der Waals surface area (Å²) in [6, 6.07) is 19.2.